The zero-order valence-corrected chi connectivity index (χ0v) is 12.7. The van der Waals surface area contributed by atoms with Crippen molar-refractivity contribution in [1.82, 2.24) is 15.2 Å². The van der Waals surface area contributed by atoms with E-state index in [0.717, 1.165) is 30.1 Å². The maximum absolute atomic E-state index is 6.02. The van der Waals surface area contributed by atoms with Gasteiger partial charge in [0, 0.05) is 29.7 Å². The van der Waals surface area contributed by atoms with Gasteiger partial charge in [-0.3, -0.25) is 16.0 Å². The van der Waals surface area contributed by atoms with Crippen LogP contribution in [-0.4, -0.2) is 15.8 Å². The van der Waals surface area contributed by atoms with Crippen LogP contribution in [0, 0.1) is 6.92 Å². The summed E-state index contributed by atoms with van der Waals surface area (Å²) in [4.78, 5) is 0. The first-order valence-corrected chi connectivity index (χ1v) is 7.24. The Kier molecular flexibility index (Phi) is 5.17. The lowest BCUT2D eigenvalue weighted by molar-refractivity contribution is 0.496. The Balaban J connectivity index is 2.08. The summed E-state index contributed by atoms with van der Waals surface area (Å²) in [5, 5.41) is 5.22. The summed E-state index contributed by atoms with van der Waals surface area (Å²) < 4.78 is 2.03. The highest BCUT2D eigenvalue weighted by atomic mass is 35.5. The number of halogens is 1. The van der Waals surface area contributed by atoms with Crippen molar-refractivity contribution in [3.63, 3.8) is 0 Å². The third kappa shape index (κ3) is 3.82. The quantitative estimate of drug-likeness (QED) is 0.635. The SMILES string of the molecule is CCn1nc(C)cc1CC(Cc1cccc(Cl)c1)NN. The highest BCUT2D eigenvalue weighted by molar-refractivity contribution is 6.30. The predicted molar refractivity (Wildman–Crippen MR) is 82.6 cm³/mol. The normalized spacial score (nSPS) is 12.6. The van der Waals surface area contributed by atoms with Crippen LogP contribution in [0.25, 0.3) is 0 Å². The van der Waals surface area contributed by atoms with Crippen molar-refractivity contribution in [2.75, 3.05) is 0 Å². The van der Waals surface area contributed by atoms with Crippen molar-refractivity contribution in [2.24, 2.45) is 5.84 Å². The number of hydrogen-bond donors (Lipinski definition) is 2. The molecule has 0 saturated heterocycles. The highest BCUT2D eigenvalue weighted by Gasteiger charge is 2.13. The van der Waals surface area contributed by atoms with Crippen LogP contribution in [0.3, 0.4) is 0 Å². The van der Waals surface area contributed by atoms with Crippen molar-refractivity contribution >= 4 is 11.6 Å². The van der Waals surface area contributed by atoms with E-state index in [1.807, 2.05) is 29.8 Å². The molecule has 1 atom stereocenters. The second-order valence-corrected chi connectivity index (χ2v) is 5.43. The molecule has 0 bridgehead atoms. The van der Waals surface area contributed by atoms with Gasteiger partial charge < -0.3 is 0 Å². The maximum Gasteiger partial charge on any atom is 0.0596 e. The van der Waals surface area contributed by atoms with Gasteiger partial charge in [-0.1, -0.05) is 23.7 Å². The molecule has 2 aromatic rings. The summed E-state index contributed by atoms with van der Waals surface area (Å²) >= 11 is 6.02. The van der Waals surface area contributed by atoms with Gasteiger partial charge in [0.05, 0.1) is 5.69 Å². The number of aryl methyl sites for hydroxylation is 2. The molecule has 0 radical (unpaired) electrons. The molecule has 1 aromatic carbocycles. The standard InChI is InChI=1S/C15H21ClN4/c1-3-20-15(7-11(2)19-20)10-14(18-17)9-12-5-4-6-13(16)8-12/h4-8,14,18H,3,9-10,17H2,1-2H3. The Hall–Kier alpha value is -1.36. The fourth-order valence-corrected chi connectivity index (χ4v) is 2.64. The van der Waals surface area contributed by atoms with Gasteiger partial charge >= 0.3 is 0 Å². The molecule has 20 heavy (non-hydrogen) atoms. The number of nitrogens with one attached hydrogen (secondary N) is 1. The van der Waals surface area contributed by atoms with Crippen molar-refractivity contribution in [3.8, 4) is 0 Å². The lowest BCUT2D eigenvalue weighted by Crippen LogP contribution is -2.39. The van der Waals surface area contributed by atoms with E-state index in [2.05, 4.69) is 29.6 Å². The van der Waals surface area contributed by atoms with Gasteiger partial charge in [-0.15, -0.1) is 0 Å². The Labute approximate surface area is 124 Å². The summed E-state index contributed by atoms with van der Waals surface area (Å²) in [6.07, 6.45) is 1.68. The molecule has 5 heteroatoms. The molecule has 0 fully saturated rings. The van der Waals surface area contributed by atoms with Crippen LogP contribution >= 0.6 is 11.6 Å². The average molecular weight is 293 g/mol. The Morgan fingerprint density at radius 2 is 2.15 bits per heavy atom. The summed E-state index contributed by atoms with van der Waals surface area (Å²) in [5.74, 6) is 5.69. The lowest BCUT2D eigenvalue weighted by Gasteiger charge is -2.16. The van der Waals surface area contributed by atoms with E-state index in [0.29, 0.717) is 0 Å². The molecule has 0 aliphatic carbocycles. The average Bonchev–Trinajstić information content (AvgIpc) is 2.78. The van der Waals surface area contributed by atoms with Gasteiger partial charge in [-0.2, -0.15) is 5.10 Å². The van der Waals surface area contributed by atoms with Gasteiger partial charge in [-0.05, 0) is 44.0 Å². The Morgan fingerprint density at radius 3 is 2.80 bits per heavy atom. The molecule has 3 N–H and O–H groups in total. The topological polar surface area (TPSA) is 55.9 Å². The summed E-state index contributed by atoms with van der Waals surface area (Å²) in [7, 11) is 0. The molecule has 108 valence electrons. The van der Waals surface area contributed by atoms with Crippen molar-refractivity contribution in [3.05, 3.63) is 52.3 Å². The van der Waals surface area contributed by atoms with Gasteiger partial charge in [0.25, 0.3) is 0 Å². The number of benzene rings is 1. The summed E-state index contributed by atoms with van der Waals surface area (Å²) in [5.41, 5.74) is 6.32. The van der Waals surface area contributed by atoms with Crippen LogP contribution in [0.1, 0.15) is 23.9 Å². The molecule has 0 saturated carbocycles. The minimum Gasteiger partial charge on any atom is -0.271 e. The fourth-order valence-electron chi connectivity index (χ4n) is 2.43. The van der Waals surface area contributed by atoms with Gasteiger partial charge in [0.15, 0.2) is 0 Å². The maximum atomic E-state index is 6.02. The van der Waals surface area contributed by atoms with Crippen molar-refractivity contribution < 1.29 is 0 Å². The van der Waals surface area contributed by atoms with Crippen LogP contribution in [0.4, 0.5) is 0 Å². The molecule has 2 rings (SSSR count). The van der Waals surface area contributed by atoms with Crippen molar-refractivity contribution in [2.45, 2.75) is 39.3 Å². The molecule has 4 nitrogen and oxygen atoms in total. The Bertz CT molecular complexity index is 565. The first-order chi connectivity index (χ1) is 9.62. The number of hydrazine groups is 1. The number of nitrogens with two attached hydrogens (primary N) is 1. The molecule has 1 unspecified atom stereocenters. The molecule has 1 heterocycles. The zero-order chi connectivity index (χ0) is 14.5. The van der Waals surface area contributed by atoms with Crippen molar-refractivity contribution in [1.29, 1.82) is 0 Å². The van der Waals surface area contributed by atoms with E-state index in [1.165, 1.54) is 11.3 Å². The fraction of sp³-hybridized carbons (Fsp3) is 0.400. The predicted octanol–water partition coefficient (Wildman–Crippen LogP) is 2.48. The molecular weight excluding hydrogens is 272 g/mol. The molecule has 0 spiro atoms. The third-order valence-corrected chi connectivity index (χ3v) is 3.58. The van der Waals surface area contributed by atoms with Crippen LogP contribution in [0.15, 0.2) is 30.3 Å². The molecule has 0 aliphatic rings. The van der Waals surface area contributed by atoms with E-state index in [1.54, 1.807) is 0 Å². The van der Waals surface area contributed by atoms with E-state index in [4.69, 9.17) is 17.4 Å². The zero-order valence-electron chi connectivity index (χ0n) is 11.9. The van der Waals surface area contributed by atoms with Crippen LogP contribution < -0.4 is 11.3 Å². The monoisotopic (exact) mass is 292 g/mol. The second-order valence-electron chi connectivity index (χ2n) is 4.99. The first-order valence-electron chi connectivity index (χ1n) is 6.86. The van der Waals surface area contributed by atoms with Gasteiger partial charge in [0.2, 0.25) is 0 Å². The highest BCUT2D eigenvalue weighted by Crippen LogP contribution is 2.14. The van der Waals surface area contributed by atoms with Crippen LogP contribution in [-0.2, 0) is 19.4 Å². The largest absolute Gasteiger partial charge is 0.271 e. The second kappa shape index (κ2) is 6.88. The van der Waals surface area contributed by atoms with Crippen LogP contribution in [0.2, 0.25) is 5.02 Å². The Morgan fingerprint density at radius 1 is 1.35 bits per heavy atom. The molecule has 0 amide bonds. The van der Waals surface area contributed by atoms with E-state index in [-0.39, 0.29) is 6.04 Å². The molecule has 1 aromatic heterocycles. The van der Waals surface area contributed by atoms with E-state index in [9.17, 15) is 0 Å². The van der Waals surface area contributed by atoms with E-state index >= 15 is 0 Å². The van der Waals surface area contributed by atoms with Gasteiger partial charge in [-0.25, -0.2) is 0 Å². The lowest BCUT2D eigenvalue weighted by atomic mass is 10.0. The number of nitrogens with zero attached hydrogens (tertiary/aromatic N) is 2. The first kappa shape index (κ1) is 15.0. The minimum atomic E-state index is 0.162. The van der Waals surface area contributed by atoms with Crippen LogP contribution in [0.5, 0.6) is 0 Å². The number of hydrogen-bond acceptors (Lipinski definition) is 3. The molecule has 0 aliphatic heterocycles. The summed E-state index contributed by atoms with van der Waals surface area (Å²) in [6, 6.07) is 10.2. The third-order valence-electron chi connectivity index (χ3n) is 3.35. The van der Waals surface area contributed by atoms with Gasteiger partial charge in [0.1, 0.15) is 0 Å². The smallest absolute Gasteiger partial charge is 0.0596 e. The number of aromatic nitrogens is 2. The minimum absolute atomic E-state index is 0.162. The number of rotatable bonds is 6. The molecular formula is C15H21ClN4. The summed E-state index contributed by atoms with van der Waals surface area (Å²) in [6.45, 7) is 4.98. The van der Waals surface area contributed by atoms with E-state index < -0.39 is 0 Å².